The number of hydrogen-bond donors (Lipinski definition) is 1. The Bertz CT molecular complexity index is 780. The Morgan fingerprint density at radius 2 is 1.91 bits per heavy atom. The molecule has 1 aliphatic heterocycles. The third kappa shape index (κ3) is 2.84. The first kappa shape index (κ1) is 15.6. The number of aromatic hydroxyl groups is 1. The lowest BCUT2D eigenvalue weighted by Crippen LogP contribution is -2.21. The molecule has 1 N–H and O–H groups in total. The smallest absolute Gasteiger partial charge is 0.312 e. The highest BCUT2D eigenvalue weighted by Crippen LogP contribution is 2.45. The summed E-state index contributed by atoms with van der Waals surface area (Å²) >= 11 is 1.63. The van der Waals surface area contributed by atoms with Gasteiger partial charge in [-0.15, -0.1) is 11.8 Å². The average molecular weight is 328 g/mol. The van der Waals surface area contributed by atoms with Crippen molar-refractivity contribution < 1.29 is 19.4 Å². The van der Waals surface area contributed by atoms with Crippen LogP contribution in [0.5, 0.6) is 11.5 Å². The van der Waals surface area contributed by atoms with Crippen LogP contribution in [-0.4, -0.2) is 23.1 Å². The van der Waals surface area contributed by atoms with Crippen LogP contribution in [0.4, 0.5) is 0 Å². The number of phenolic OH excluding ortho intramolecular Hbond substituents is 1. The minimum Gasteiger partial charge on any atom is -0.507 e. The molecule has 4 nitrogen and oxygen atoms in total. The van der Waals surface area contributed by atoms with Crippen LogP contribution < -0.4 is 4.74 Å². The van der Waals surface area contributed by atoms with Gasteiger partial charge in [0, 0.05) is 16.4 Å². The lowest BCUT2D eigenvalue weighted by Gasteiger charge is -2.26. The van der Waals surface area contributed by atoms with Crippen LogP contribution in [0.1, 0.15) is 40.7 Å². The highest BCUT2D eigenvalue weighted by Gasteiger charge is 2.32. The fourth-order valence-electron chi connectivity index (χ4n) is 2.85. The normalized spacial score (nSPS) is 16.6. The fraction of sp³-hybridized carbons (Fsp3) is 0.222. The summed E-state index contributed by atoms with van der Waals surface area (Å²) in [5.41, 5.74) is 1.67. The molecule has 0 fully saturated rings. The molecule has 1 atom stereocenters. The van der Waals surface area contributed by atoms with Crippen LogP contribution in [0.15, 0.2) is 41.3 Å². The Hall–Kier alpha value is -2.27. The van der Waals surface area contributed by atoms with E-state index >= 15 is 0 Å². The second-order valence-electron chi connectivity index (χ2n) is 5.43. The van der Waals surface area contributed by atoms with E-state index in [0.717, 1.165) is 10.5 Å². The molecule has 0 unspecified atom stereocenters. The second-order valence-corrected chi connectivity index (χ2v) is 6.31. The molecule has 0 saturated heterocycles. The molecule has 0 radical (unpaired) electrons. The number of hydrogen-bond acceptors (Lipinski definition) is 5. The van der Waals surface area contributed by atoms with Gasteiger partial charge in [0.2, 0.25) is 0 Å². The summed E-state index contributed by atoms with van der Waals surface area (Å²) in [4.78, 5) is 24.7. The molecular formula is C18H16O4S. The van der Waals surface area contributed by atoms with E-state index in [9.17, 15) is 14.7 Å². The molecule has 0 aromatic heterocycles. The fourth-order valence-corrected chi connectivity index (χ4v) is 3.26. The van der Waals surface area contributed by atoms with Gasteiger partial charge >= 0.3 is 5.97 Å². The molecule has 2 aromatic rings. The highest BCUT2D eigenvalue weighted by atomic mass is 32.2. The van der Waals surface area contributed by atoms with Gasteiger partial charge in [-0.2, -0.15) is 0 Å². The van der Waals surface area contributed by atoms with E-state index in [2.05, 4.69) is 0 Å². The molecule has 118 valence electrons. The predicted molar refractivity (Wildman–Crippen MR) is 88.4 cm³/mol. The van der Waals surface area contributed by atoms with Gasteiger partial charge in [-0.25, -0.2) is 0 Å². The summed E-state index contributed by atoms with van der Waals surface area (Å²) in [7, 11) is 0. The summed E-state index contributed by atoms with van der Waals surface area (Å²) in [6.07, 6.45) is 2.13. The number of phenols is 1. The number of ketones is 1. The number of benzene rings is 2. The third-order valence-corrected chi connectivity index (χ3v) is 4.76. The SMILES string of the molecule is CSc1ccc([C@H]2CC(=O)Oc3ccc(C(C)=O)c(O)c32)cc1. The largest absolute Gasteiger partial charge is 0.507 e. The van der Waals surface area contributed by atoms with Crippen molar-refractivity contribution >= 4 is 23.5 Å². The minimum absolute atomic E-state index is 0.0959. The number of carbonyl (C=O) groups is 2. The zero-order valence-corrected chi connectivity index (χ0v) is 13.6. The Balaban J connectivity index is 2.14. The van der Waals surface area contributed by atoms with Crippen LogP contribution >= 0.6 is 11.8 Å². The van der Waals surface area contributed by atoms with Gasteiger partial charge in [0.1, 0.15) is 11.5 Å². The van der Waals surface area contributed by atoms with Gasteiger partial charge in [-0.05, 0) is 43.0 Å². The van der Waals surface area contributed by atoms with Crippen molar-refractivity contribution in [2.24, 2.45) is 0 Å². The first-order valence-electron chi connectivity index (χ1n) is 7.22. The van der Waals surface area contributed by atoms with E-state index in [1.807, 2.05) is 30.5 Å². The molecule has 5 heteroatoms. The maximum absolute atomic E-state index is 11.9. The van der Waals surface area contributed by atoms with Gasteiger partial charge in [-0.1, -0.05) is 12.1 Å². The van der Waals surface area contributed by atoms with Crippen molar-refractivity contribution in [1.82, 2.24) is 0 Å². The lowest BCUT2D eigenvalue weighted by atomic mass is 9.84. The van der Waals surface area contributed by atoms with Crippen molar-refractivity contribution in [2.75, 3.05) is 6.26 Å². The Morgan fingerprint density at radius 1 is 1.22 bits per heavy atom. The highest BCUT2D eigenvalue weighted by molar-refractivity contribution is 7.98. The monoisotopic (exact) mass is 328 g/mol. The van der Waals surface area contributed by atoms with E-state index in [1.165, 1.54) is 13.0 Å². The number of ether oxygens (including phenoxy) is 1. The van der Waals surface area contributed by atoms with Crippen molar-refractivity contribution in [3.05, 3.63) is 53.1 Å². The maximum Gasteiger partial charge on any atom is 0.312 e. The Kier molecular flexibility index (Phi) is 4.13. The summed E-state index contributed by atoms with van der Waals surface area (Å²) < 4.78 is 5.23. The molecule has 2 aromatic carbocycles. The van der Waals surface area contributed by atoms with Crippen LogP contribution in [0.3, 0.4) is 0 Å². The summed E-state index contributed by atoms with van der Waals surface area (Å²) in [5, 5.41) is 10.5. The van der Waals surface area contributed by atoms with Crippen molar-refractivity contribution in [3.8, 4) is 11.5 Å². The van der Waals surface area contributed by atoms with Crippen LogP contribution in [0.25, 0.3) is 0 Å². The van der Waals surface area contributed by atoms with Gasteiger partial charge in [-0.3, -0.25) is 9.59 Å². The van der Waals surface area contributed by atoms with Crippen LogP contribution in [0, 0.1) is 0 Å². The van der Waals surface area contributed by atoms with Crippen molar-refractivity contribution in [1.29, 1.82) is 0 Å². The van der Waals surface area contributed by atoms with Gasteiger partial charge in [0.25, 0.3) is 0 Å². The van der Waals surface area contributed by atoms with E-state index < -0.39 is 0 Å². The molecule has 23 heavy (non-hydrogen) atoms. The number of esters is 1. The molecule has 1 heterocycles. The Morgan fingerprint density at radius 3 is 2.52 bits per heavy atom. The summed E-state index contributed by atoms with van der Waals surface area (Å²) in [5.74, 6) is -0.657. The zero-order chi connectivity index (χ0) is 16.6. The lowest BCUT2D eigenvalue weighted by molar-refractivity contribution is -0.135. The third-order valence-electron chi connectivity index (χ3n) is 4.02. The first-order chi connectivity index (χ1) is 11.0. The number of fused-ring (bicyclic) bond motifs is 1. The van der Waals surface area contributed by atoms with Crippen molar-refractivity contribution in [3.63, 3.8) is 0 Å². The molecule has 0 aliphatic carbocycles. The Labute approximate surface area is 138 Å². The van der Waals surface area contributed by atoms with Crippen LogP contribution in [0.2, 0.25) is 0 Å². The quantitative estimate of drug-likeness (QED) is 0.402. The van der Waals surface area contributed by atoms with Gasteiger partial charge in [0.05, 0.1) is 12.0 Å². The number of rotatable bonds is 3. The summed E-state index contributed by atoms with van der Waals surface area (Å²) in [6, 6.07) is 10.9. The molecule has 3 rings (SSSR count). The topological polar surface area (TPSA) is 63.6 Å². The number of carbonyl (C=O) groups excluding carboxylic acids is 2. The zero-order valence-electron chi connectivity index (χ0n) is 12.8. The minimum atomic E-state index is -0.341. The first-order valence-corrected chi connectivity index (χ1v) is 8.45. The molecule has 0 saturated carbocycles. The van der Waals surface area contributed by atoms with Gasteiger partial charge in [0.15, 0.2) is 5.78 Å². The van der Waals surface area contributed by atoms with Crippen LogP contribution in [-0.2, 0) is 4.79 Å². The molecule has 0 bridgehead atoms. The van der Waals surface area contributed by atoms with E-state index in [4.69, 9.17) is 4.74 Å². The number of thioether (sulfide) groups is 1. The predicted octanol–water partition coefficient (Wildman–Crippen LogP) is 3.76. The molecular weight excluding hydrogens is 312 g/mol. The van der Waals surface area contributed by atoms with E-state index in [1.54, 1.807) is 17.8 Å². The molecule has 1 aliphatic rings. The van der Waals surface area contributed by atoms with Crippen molar-refractivity contribution in [2.45, 2.75) is 24.2 Å². The average Bonchev–Trinajstić information content (AvgIpc) is 2.54. The summed E-state index contributed by atoms with van der Waals surface area (Å²) in [6.45, 7) is 1.40. The molecule has 0 amide bonds. The van der Waals surface area contributed by atoms with Gasteiger partial charge < -0.3 is 9.84 Å². The van der Waals surface area contributed by atoms with E-state index in [0.29, 0.717) is 11.3 Å². The number of Topliss-reactive ketones (excluding diaryl/α,β-unsaturated/α-hetero) is 1. The standard InChI is InChI=1S/C18H16O4S/c1-10(19)13-7-8-15-17(18(13)21)14(9-16(20)22-15)11-3-5-12(23-2)6-4-11/h3-8,14,21H,9H2,1-2H3/t14-/m1/s1. The van der Waals surface area contributed by atoms with E-state index in [-0.39, 0.29) is 35.4 Å². The molecule has 0 spiro atoms. The second kappa shape index (κ2) is 6.08. The maximum atomic E-state index is 11.9.